The highest BCUT2D eigenvalue weighted by molar-refractivity contribution is 7.88. The van der Waals surface area contributed by atoms with Gasteiger partial charge in [0.05, 0.1) is 12.4 Å². The number of rotatable bonds is 7. The molecule has 0 saturated heterocycles. The van der Waals surface area contributed by atoms with E-state index in [1.807, 2.05) is 19.9 Å². The van der Waals surface area contributed by atoms with Crippen molar-refractivity contribution < 1.29 is 13.2 Å². The molecule has 0 fully saturated rings. The lowest BCUT2D eigenvalue weighted by atomic mass is 10.1. The second-order valence-corrected chi connectivity index (χ2v) is 7.38. The van der Waals surface area contributed by atoms with E-state index in [2.05, 4.69) is 15.0 Å². The summed E-state index contributed by atoms with van der Waals surface area (Å²) in [6, 6.07) is 3.62. The van der Waals surface area contributed by atoms with Gasteiger partial charge in [0.1, 0.15) is 0 Å². The van der Waals surface area contributed by atoms with Gasteiger partial charge in [0.15, 0.2) is 11.6 Å². The molecule has 1 heterocycles. The lowest BCUT2D eigenvalue weighted by molar-refractivity contribution is 0.243. The standard InChI is InChI=1S/C13H23N3O3S/c1-10(2)19-11-7-6-8-14-12(11)15-9-13(3,4)16-20(5,17)18/h6-8,10,16H,9H2,1-5H3,(H,14,15). The van der Waals surface area contributed by atoms with Crippen LogP contribution >= 0.6 is 0 Å². The molecule has 0 atom stereocenters. The Morgan fingerprint density at radius 3 is 2.60 bits per heavy atom. The van der Waals surface area contributed by atoms with Gasteiger partial charge in [-0.05, 0) is 39.8 Å². The maximum atomic E-state index is 11.3. The number of nitrogens with zero attached hydrogens (tertiary/aromatic N) is 1. The van der Waals surface area contributed by atoms with E-state index >= 15 is 0 Å². The van der Waals surface area contributed by atoms with Crippen LogP contribution in [0.2, 0.25) is 0 Å². The highest BCUT2D eigenvalue weighted by Gasteiger charge is 2.22. The van der Waals surface area contributed by atoms with Crippen molar-refractivity contribution in [3.05, 3.63) is 18.3 Å². The van der Waals surface area contributed by atoms with Crippen molar-refractivity contribution in [2.45, 2.75) is 39.3 Å². The molecule has 0 saturated carbocycles. The van der Waals surface area contributed by atoms with E-state index in [0.29, 0.717) is 18.1 Å². The van der Waals surface area contributed by atoms with Crippen LogP contribution in [0.5, 0.6) is 5.75 Å². The molecule has 1 aromatic rings. The molecule has 0 aliphatic carbocycles. The number of aromatic nitrogens is 1. The van der Waals surface area contributed by atoms with Gasteiger partial charge in [0.2, 0.25) is 10.0 Å². The third-order valence-electron chi connectivity index (χ3n) is 2.29. The molecule has 0 aliphatic heterocycles. The van der Waals surface area contributed by atoms with Gasteiger partial charge in [-0.2, -0.15) is 0 Å². The Balaban J connectivity index is 2.74. The van der Waals surface area contributed by atoms with Crippen molar-refractivity contribution in [1.29, 1.82) is 0 Å². The maximum Gasteiger partial charge on any atom is 0.209 e. The second kappa shape index (κ2) is 6.41. The molecule has 6 nitrogen and oxygen atoms in total. The first kappa shape index (κ1) is 16.7. The van der Waals surface area contributed by atoms with Crippen molar-refractivity contribution in [2.75, 3.05) is 18.1 Å². The van der Waals surface area contributed by atoms with Gasteiger partial charge in [-0.1, -0.05) is 0 Å². The van der Waals surface area contributed by atoms with E-state index in [1.165, 1.54) is 0 Å². The molecular formula is C13H23N3O3S. The van der Waals surface area contributed by atoms with E-state index in [1.54, 1.807) is 26.1 Å². The Labute approximate surface area is 121 Å². The van der Waals surface area contributed by atoms with Gasteiger partial charge in [0, 0.05) is 18.3 Å². The number of hydrogen-bond donors (Lipinski definition) is 2. The Morgan fingerprint density at radius 2 is 2.05 bits per heavy atom. The maximum absolute atomic E-state index is 11.3. The third-order valence-corrected chi connectivity index (χ3v) is 3.22. The van der Waals surface area contributed by atoms with Crippen molar-refractivity contribution >= 4 is 15.8 Å². The van der Waals surface area contributed by atoms with Crippen LogP contribution in [0.25, 0.3) is 0 Å². The number of anilines is 1. The summed E-state index contributed by atoms with van der Waals surface area (Å²) in [4.78, 5) is 4.22. The van der Waals surface area contributed by atoms with Gasteiger partial charge in [0.25, 0.3) is 0 Å². The number of hydrogen-bond acceptors (Lipinski definition) is 5. The summed E-state index contributed by atoms with van der Waals surface area (Å²) in [6.07, 6.45) is 2.84. The van der Waals surface area contributed by atoms with Crippen LogP contribution in [0.15, 0.2) is 18.3 Å². The van der Waals surface area contributed by atoms with Crippen LogP contribution in [0.3, 0.4) is 0 Å². The topological polar surface area (TPSA) is 80.3 Å². The average Bonchev–Trinajstić information content (AvgIpc) is 2.24. The zero-order valence-electron chi connectivity index (χ0n) is 12.6. The zero-order valence-corrected chi connectivity index (χ0v) is 13.4. The van der Waals surface area contributed by atoms with Crippen LogP contribution in [0.1, 0.15) is 27.7 Å². The molecule has 0 spiro atoms. The predicted molar refractivity (Wildman–Crippen MR) is 80.5 cm³/mol. The number of nitrogens with one attached hydrogen (secondary N) is 2. The van der Waals surface area contributed by atoms with Gasteiger partial charge < -0.3 is 10.1 Å². The van der Waals surface area contributed by atoms with E-state index in [4.69, 9.17) is 4.74 Å². The van der Waals surface area contributed by atoms with E-state index in [0.717, 1.165) is 6.26 Å². The fourth-order valence-corrected chi connectivity index (χ4v) is 2.79. The largest absolute Gasteiger partial charge is 0.487 e. The first-order valence-electron chi connectivity index (χ1n) is 6.43. The van der Waals surface area contributed by atoms with E-state index in [9.17, 15) is 8.42 Å². The molecule has 0 radical (unpaired) electrons. The average molecular weight is 301 g/mol. The smallest absolute Gasteiger partial charge is 0.209 e. The normalized spacial score (nSPS) is 12.5. The predicted octanol–water partition coefficient (Wildman–Crippen LogP) is 1.61. The molecular weight excluding hydrogens is 278 g/mol. The second-order valence-electron chi connectivity index (χ2n) is 5.63. The molecule has 0 aromatic carbocycles. The Hall–Kier alpha value is -1.34. The highest BCUT2D eigenvalue weighted by Crippen LogP contribution is 2.22. The Bertz CT molecular complexity index is 542. The summed E-state index contributed by atoms with van der Waals surface area (Å²) in [5.74, 6) is 1.25. The van der Waals surface area contributed by atoms with Crippen molar-refractivity contribution in [3.8, 4) is 5.75 Å². The lowest BCUT2D eigenvalue weighted by Crippen LogP contribution is -2.47. The molecule has 1 aromatic heterocycles. The van der Waals surface area contributed by atoms with Crippen LogP contribution < -0.4 is 14.8 Å². The van der Waals surface area contributed by atoms with Crippen molar-refractivity contribution in [3.63, 3.8) is 0 Å². The molecule has 0 aliphatic rings. The van der Waals surface area contributed by atoms with Gasteiger partial charge >= 0.3 is 0 Å². The quantitative estimate of drug-likeness (QED) is 0.800. The molecule has 0 bridgehead atoms. The minimum atomic E-state index is -3.26. The molecule has 20 heavy (non-hydrogen) atoms. The molecule has 0 amide bonds. The zero-order chi connectivity index (χ0) is 15.4. The highest BCUT2D eigenvalue weighted by atomic mass is 32.2. The number of ether oxygens (including phenoxy) is 1. The minimum absolute atomic E-state index is 0.0434. The van der Waals surface area contributed by atoms with Gasteiger partial charge in [-0.15, -0.1) is 0 Å². The summed E-state index contributed by atoms with van der Waals surface area (Å²) in [6.45, 7) is 7.86. The SMILES string of the molecule is CC(C)Oc1cccnc1NCC(C)(C)NS(C)(=O)=O. The minimum Gasteiger partial charge on any atom is -0.487 e. The summed E-state index contributed by atoms with van der Waals surface area (Å²) in [5, 5.41) is 3.12. The number of pyridine rings is 1. The van der Waals surface area contributed by atoms with Gasteiger partial charge in [-0.3, -0.25) is 0 Å². The third kappa shape index (κ3) is 6.21. The number of sulfonamides is 1. The van der Waals surface area contributed by atoms with Crippen LogP contribution in [-0.4, -0.2) is 37.8 Å². The van der Waals surface area contributed by atoms with Crippen LogP contribution in [-0.2, 0) is 10.0 Å². The monoisotopic (exact) mass is 301 g/mol. The summed E-state index contributed by atoms with van der Waals surface area (Å²) >= 11 is 0. The fraction of sp³-hybridized carbons (Fsp3) is 0.615. The molecule has 0 unspecified atom stereocenters. The summed E-state index contributed by atoms with van der Waals surface area (Å²) < 4.78 is 30.8. The Kier molecular flexibility index (Phi) is 5.35. The van der Waals surface area contributed by atoms with E-state index in [-0.39, 0.29) is 6.10 Å². The molecule has 114 valence electrons. The Morgan fingerprint density at radius 1 is 1.40 bits per heavy atom. The van der Waals surface area contributed by atoms with Gasteiger partial charge in [-0.25, -0.2) is 18.1 Å². The first-order chi connectivity index (χ1) is 9.09. The van der Waals surface area contributed by atoms with Crippen LogP contribution in [0.4, 0.5) is 5.82 Å². The lowest BCUT2D eigenvalue weighted by Gasteiger charge is -2.26. The first-order valence-corrected chi connectivity index (χ1v) is 8.33. The summed E-state index contributed by atoms with van der Waals surface area (Å²) in [5.41, 5.74) is -0.625. The van der Waals surface area contributed by atoms with E-state index < -0.39 is 15.6 Å². The molecule has 7 heteroatoms. The molecule has 1 rings (SSSR count). The fourth-order valence-electron chi connectivity index (χ4n) is 1.72. The van der Waals surface area contributed by atoms with Crippen molar-refractivity contribution in [2.24, 2.45) is 0 Å². The van der Waals surface area contributed by atoms with Crippen LogP contribution in [0, 0.1) is 0 Å². The van der Waals surface area contributed by atoms with Crippen molar-refractivity contribution in [1.82, 2.24) is 9.71 Å². The molecule has 2 N–H and O–H groups in total. The summed E-state index contributed by atoms with van der Waals surface area (Å²) in [7, 11) is -3.26.